The Bertz CT molecular complexity index is 967. The summed E-state index contributed by atoms with van der Waals surface area (Å²) in [5.74, 6) is 0.103. The second-order valence-electron chi connectivity index (χ2n) is 7.11. The van der Waals surface area contributed by atoms with Crippen molar-refractivity contribution in [3.8, 4) is 0 Å². The Hall–Kier alpha value is -2.90. The fourth-order valence-electron chi connectivity index (χ4n) is 3.77. The Morgan fingerprint density at radius 1 is 1.18 bits per heavy atom. The molecule has 0 spiro atoms. The summed E-state index contributed by atoms with van der Waals surface area (Å²) in [7, 11) is 0. The fraction of sp³-hybridized carbons (Fsp3) is 0.400. The second-order valence-corrected chi connectivity index (χ2v) is 7.11. The monoisotopic (exact) mass is 385 g/mol. The van der Waals surface area contributed by atoms with Crippen molar-refractivity contribution in [3.05, 3.63) is 59.7 Å². The van der Waals surface area contributed by atoms with Gasteiger partial charge in [0.15, 0.2) is 0 Å². The first-order valence-electron chi connectivity index (χ1n) is 9.37. The molecule has 0 N–H and O–H groups in total. The highest BCUT2D eigenvalue weighted by Crippen LogP contribution is 2.31. The molecule has 0 aliphatic carbocycles. The molecule has 3 aromatic rings. The molecular weight excluding hydrogens is 364 g/mol. The van der Waals surface area contributed by atoms with Gasteiger partial charge in [-0.3, -0.25) is 4.79 Å². The third-order valence-corrected chi connectivity index (χ3v) is 5.42. The van der Waals surface area contributed by atoms with E-state index in [2.05, 4.69) is 15.1 Å². The van der Waals surface area contributed by atoms with Crippen LogP contribution in [0.25, 0.3) is 5.78 Å². The molecular formula is C20H21F2N5O. The molecule has 4 rings (SSSR count). The molecule has 0 saturated carbocycles. The quantitative estimate of drug-likeness (QED) is 0.689. The minimum atomic E-state index is -2.65. The van der Waals surface area contributed by atoms with Crippen LogP contribution in [0.15, 0.2) is 42.7 Å². The third kappa shape index (κ3) is 3.46. The molecule has 3 heterocycles. The third-order valence-electron chi connectivity index (χ3n) is 5.42. The zero-order valence-electron chi connectivity index (χ0n) is 15.5. The van der Waals surface area contributed by atoms with E-state index in [4.69, 9.17) is 0 Å². The number of carbonyl (C=O) groups is 1. The predicted octanol–water partition coefficient (Wildman–Crippen LogP) is 3.57. The predicted molar refractivity (Wildman–Crippen MR) is 99.2 cm³/mol. The van der Waals surface area contributed by atoms with Crippen LogP contribution in [0.1, 0.15) is 55.0 Å². The Balaban J connectivity index is 1.47. The van der Waals surface area contributed by atoms with Crippen LogP contribution in [0.3, 0.4) is 0 Å². The maximum absolute atomic E-state index is 13.4. The van der Waals surface area contributed by atoms with Crippen LogP contribution in [0, 0.1) is 0 Å². The number of amides is 1. The molecule has 1 aliphatic rings. The Morgan fingerprint density at radius 2 is 1.89 bits per heavy atom. The minimum Gasteiger partial charge on any atom is -0.342 e. The van der Waals surface area contributed by atoms with Gasteiger partial charge in [-0.15, -0.1) is 0 Å². The van der Waals surface area contributed by atoms with Crippen molar-refractivity contribution in [3.63, 3.8) is 0 Å². The largest absolute Gasteiger partial charge is 0.342 e. The number of fused-ring (bicyclic) bond motifs is 1. The molecule has 1 atom stereocenters. The topological polar surface area (TPSA) is 63.4 Å². The molecule has 6 nitrogen and oxygen atoms in total. The lowest BCUT2D eigenvalue weighted by Gasteiger charge is -2.33. The molecule has 1 amide bonds. The van der Waals surface area contributed by atoms with Crippen molar-refractivity contribution >= 4 is 11.7 Å². The van der Waals surface area contributed by atoms with Gasteiger partial charge >= 0.3 is 0 Å². The fourth-order valence-corrected chi connectivity index (χ4v) is 3.77. The van der Waals surface area contributed by atoms with E-state index in [1.807, 2.05) is 42.2 Å². The second kappa shape index (κ2) is 7.61. The summed E-state index contributed by atoms with van der Waals surface area (Å²) in [6, 6.07) is 11.1. The van der Waals surface area contributed by atoms with Gasteiger partial charge in [0.1, 0.15) is 12.0 Å². The lowest BCUT2D eigenvalue weighted by Crippen LogP contribution is -2.40. The number of rotatable bonds is 4. The van der Waals surface area contributed by atoms with Gasteiger partial charge in [0.25, 0.3) is 12.2 Å². The number of halogens is 2. The van der Waals surface area contributed by atoms with Gasteiger partial charge in [-0.1, -0.05) is 30.3 Å². The van der Waals surface area contributed by atoms with Gasteiger partial charge in [0.2, 0.25) is 5.91 Å². The first-order valence-corrected chi connectivity index (χ1v) is 9.37. The molecule has 1 aromatic carbocycles. The van der Waals surface area contributed by atoms with Gasteiger partial charge < -0.3 is 4.90 Å². The van der Waals surface area contributed by atoms with Crippen molar-refractivity contribution in [2.24, 2.45) is 0 Å². The Kier molecular flexibility index (Phi) is 5.02. The number of piperidine rings is 1. The number of aromatic nitrogens is 4. The zero-order chi connectivity index (χ0) is 19.7. The molecule has 0 radical (unpaired) electrons. The Morgan fingerprint density at radius 3 is 2.57 bits per heavy atom. The molecule has 8 heteroatoms. The number of likely N-dealkylation sites (tertiary alicyclic amines) is 1. The molecule has 1 saturated heterocycles. The summed E-state index contributed by atoms with van der Waals surface area (Å²) in [5, 5.41) is 3.82. The number of hydrogen-bond acceptors (Lipinski definition) is 4. The summed E-state index contributed by atoms with van der Waals surface area (Å²) < 4.78 is 27.8. The van der Waals surface area contributed by atoms with Crippen molar-refractivity contribution in [1.82, 2.24) is 24.5 Å². The number of alkyl halides is 2. The van der Waals surface area contributed by atoms with Crippen LogP contribution in [0.5, 0.6) is 0 Å². The van der Waals surface area contributed by atoms with E-state index in [1.54, 1.807) is 0 Å². The van der Waals surface area contributed by atoms with Crippen LogP contribution in [-0.2, 0) is 4.79 Å². The summed E-state index contributed by atoms with van der Waals surface area (Å²) in [5.41, 5.74) is 1.39. The molecule has 0 bridgehead atoms. The molecule has 1 aliphatic heterocycles. The van der Waals surface area contributed by atoms with E-state index in [1.165, 1.54) is 12.4 Å². The van der Waals surface area contributed by atoms with Crippen LogP contribution >= 0.6 is 0 Å². The van der Waals surface area contributed by atoms with E-state index in [-0.39, 0.29) is 29.2 Å². The van der Waals surface area contributed by atoms with Gasteiger partial charge in [-0.25, -0.2) is 13.8 Å². The summed E-state index contributed by atoms with van der Waals surface area (Å²) >= 11 is 0. The average Bonchev–Trinajstić information content (AvgIpc) is 3.21. The van der Waals surface area contributed by atoms with E-state index in [9.17, 15) is 13.6 Å². The molecule has 0 unspecified atom stereocenters. The van der Waals surface area contributed by atoms with Gasteiger partial charge in [0, 0.05) is 24.7 Å². The molecule has 28 heavy (non-hydrogen) atoms. The summed E-state index contributed by atoms with van der Waals surface area (Å²) in [6.45, 7) is 3.09. The zero-order valence-corrected chi connectivity index (χ0v) is 15.5. The standard InChI is InChI=1S/C20H21F2N5O/c1-13(14-5-3-2-4-6-14)19(28)26-9-7-15(8-10-26)16-11-17(18(21)22)27-20(25-16)23-12-24-27/h2-6,11-13,15,18H,7-10H2,1H3/t13-/m1/s1. The van der Waals surface area contributed by atoms with Gasteiger partial charge in [-0.2, -0.15) is 14.6 Å². The molecule has 1 fully saturated rings. The smallest absolute Gasteiger partial charge is 0.280 e. The highest BCUT2D eigenvalue weighted by molar-refractivity contribution is 5.83. The molecule has 146 valence electrons. The number of benzene rings is 1. The van der Waals surface area contributed by atoms with E-state index < -0.39 is 6.43 Å². The van der Waals surface area contributed by atoms with Crippen molar-refractivity contribution < 1.29 is 13.6 Å². The van der Waals surface area contributed by atoms with Crippen molar-refractivity contribution in [1.29, 1.82) is 0 Å². The number of hydrogen-bond donors (Lipinski definition) is 0. The lowest BCUT2D eigenvalue weighted by molar-refractivity contribution is -0.133. The van der Waals surface area contributed by atoms with Crippen LogP contribution in [0.2, 0.25) is 0 Å². The SMILES string of the molecule is C[C@@H](C(=O)N1CCC(c2cc(C(F)F)n3ncnc3n2)CC1)c1ccccc1. The van der Waals surface area contributed by atoms with Gasteiger partial charge in [0.05, 0.1) is 5.92 Å². The average molecular weight is 385 g/mol. The van der Waals surface area contributed by atoms with Crippen molar-refractivity contribution in [2.45, 2.75) is 38.0 Å². The summed E-state index contributed by atoms with van der Waals surface area (Å²) in [6.07, 6.45) is -0.0515. The maximum Gasteiger partial charge on any atom is 0.280 e. The van der Waals surface area contributed by atoms with Crippen LogP contribution in [0.4, 0.5) is 8.78 Å². The van der Waals surface area contributed by atoms with E-state index in [0.29, 0.717) is 31.6 Å². The maximum atomic E-state index is 13.4. The highest BCUT2D eigenvalue weighted by Gasteiger charge is 2.29. The minimum absolute atomic E-state index is 0.0234. The van der Waals surface area contributed by atoms with Crippen LogP contribution < -0.4 is 0 Å². The molecule has 2 aromatic heterocycles. The van der Waals surface area contributed by atoms with Gasteiger partial charge in [-0.05, 0) is 31.4 Å². The highest BCUT2D eigenvalue weighted by atomic mass is 19.3. The number of nitrogens with zero attached hydrogens (tertiary/aromatic N) is 5. The first kappa shape index (κ1) is 18.5. The first-order chi connectivity index (χ1) is 13.5. The van der Waals surface area contributed by atoms with Crippen molar-refractivity contribution in [2.75, 3.05) is 13.1 Å². The Labute approximate surface area is 161 Å². The van der Waals surface area contributed by atoms with E-state index >= 15 is 0 Å². The van der Waals surface area contributed by atoms with E-state index in [0.717, 1.165) is 10.1 Å². The lowest BCUT2D eigenvalue weighted by atomic mass is 9.91. The summed E-state index contributed by atoms with van der Waals surface area (Å²) in [4.78, 5) is 23.0. The van der Waals surface area contributed by atoms with Crippen LogP contribution in [-0.4, -0.2) is 43.5 Å². The number of carbonyl (C=O) groups excluding carboxylic acids is 1. The normalized spacial score (nSPS) is 16.6.